The zero-order chi connectivity index (χ0) is 17.9. The van der Waals surface area contributed by atoms with Gasteiger partial charge in [-0.3, -0.25) is 14.7 Å². The largest absolute Gasteiger partial charge is 0.355 e. The number of aromatic nitrogens is 1. The van der Waals surface area contributed by atoms with Gasteiger partial charge in [0.15, 0.2) is 0 Å². The summed E-state index contributed by atoms with van der Waals surface area (Å²) in [7, 11) is 0. The van der Waals surface area contributed by atoms with Crippen molar-refractivity contribution in [2.24, 2.45) is 5.41 Å². The molecule has 7 nitrogen and oxygen atoms in total. The van der Waals surface area contributed by atoms with Crippen LogP contribution >= 0.6 is 0 Å². The fourth-order valence-electron chi connectivity index (χ4n) is 3.72. The molecule has 2 N–H and O–H groups in total. The molecule has 0 unspecified atom stereocenters. The first kappa shape index (κ1) is 17.7. The van der Waals surface area contributed by atoms with Crippen LogP contribution in [0.4, 0.5) is 4.79 Å². The minimum atomic E-state index is -0.218. The Kier molecular flexibility index (Phi) is 5.22. The summed E-state index contributed by atoms with van der Waals surface area (Å²) in [6.45, 7) is 8.18. The monoisotopic (exact) mass is 345 g/mol. The third kappa shape index (κ3) is 4.48. The van der Waals surface area contributed by atoms with E-state index in [2.05, 4.69) is 26.6 Å². The van der Waals surface area contributed by atoms with Crippen LogP contribution in [-0.2, 0) is 11.3 Å². The van der Waals surface area contributed by atoms with E-state index in [1.165, 1.54) is 0 Å². The highest BCUT2D eigenvalue weighted by atomic mass is 16.2. The maximum Gasteiger partial charge on any atom is 0.317 e. The van der Waals surface area contributed by atoms with E-state index in [0.717, 1.165) is 25.2 Å². The summed E-state index contributed by atoms with van der Waals surface area (Å²) in [5.41, 5.74) is 0.930. The third-order valence-electron chi connectivity index (χ3n) is 4.80. The molecule has 0 radical (unpaired) electrons. The summed E-state index contributed by atoms with van der Waals surface area (Å²) in [6.07, 6.45) is 4.12. The van der Waals surface area contributed by atoms with E-state index in [1.807, 2.05) is 31.0 Å². The van der Waals surface area contributed by atoms with Gasteiger partial charge in [-0.1, -0.05) is 6.07 Å². The zero-order valence-corrected chi connectivity index (χ0v) is 15.0. The van der Waals surface area contributed by atoms with Crippen molar-refractivity contribution >= 4 is 11.9 Å². The van der Waals surface area contributed by atoms with Crippen LogP contribution in [0.5, 0.6) is 0 Å². The lowest BCUT2D eigenvalue weighted by atomic mass is 9.86. The summed E-state index contributed by atoms with van der Waals surface area (Å²) in [5.74, 6) is 0.0763. The van der Waals surface area contributed by atoms with Gasteiger partial charge < -0.3 is 15.5 Å². The molecule has 2 aliphatic rings. The number of hydrogen-bond acceptors (Lipinski definition) is 4. The van der Waals surface area contributed by atoms with Crippen molar-refractivity contribution in [2.45, 2.75) is 32.9 Å². The first-order chi connectivity index (χ1) is 12.0. The highest BCUT2D eigenvalue weighted by Gasteiger charge is 2.43. The lowest BCUT2D eigenvalue weighted by Crippen LogP contribution is -2.48. The number of nitrogens with zero attached hydrogens (tertiary/aromatic N) is 3. The van der Waals surface area contributed by atoms with Crippen LogP contribution in [0.2, 0.25) is 0 Å². The molecular weight excluding hydrogens is 318 g/mol. The number of amides is 3. The molecule has 1 atom stereocenters. The second kappa shape index (κ2) is 7.39. The van der Waals surface area contributed by atoms with Gasteiger partial charge in [0, 0.05) is 69.5 Å². The fraction of sp³-hybridized carbons (Fsp3) is 0.611. The van der Waals surface area contributed by atoms with E-state index in [-0.39, 0.29) is 23.4 Å². The number of rotatable bonds is 3. The molecule has 2 fully saturated rings. The number of nitrogens with one attached hydrogen (secondary N) is 2. The molecule has 1 spiro atoms. The molecule has 0 aromatic carbocycles. The average Bonchev–Trinajstić information content (AvgIpc) is 2.81. The smallest absolute Gasteiger partial charge is 0.317 e. The Morgan fingerprint density at radius 1 is 1.40 bits per heavy atom. The Morgan fingerprint density at radius 2 is 2.24 bits per heavy atom. The Morgan fingerprint density at radius 3 is 2.88 bits per heavy atom. The van der Waals surface area contributed by atoms with Crippen molar-refractivity contribution in [1.82, 2.24) is 25.4 Å². The summed E-state index contributed by atoms with van der Waals surface area (Å²) >= 11 is 0. The average molecular weight is 345 g/mol. The topological polar surface area (TPSA) is 77.6 Å². The number of hydrogen-bond donors (Lipinski definition) is 2. The lowest BCUT2D eigenvalue weighted by Gasteiger charge is -2.33. The van der Waals surface area contributed by atoms with Gasteiger partial charge in [0.25, 0.3) is 0 Å². The van der Waals surface area contributed by atoms with Crippen molar-refractivity contribution in [2.75, 3.05) is 32.7 Å². The summed E-state index contributed by atoms with van der Waals surface area (Å²) in [4.78, 5) is 32.8. The van der Waals surface area contributed by atoms with Crippen molar-refractivity contribution in [3.8, 4) is 0 Å². The summed E-state index contributed by atoms with van der Waals surface area (Å²) in [5, 5.41) is 5.93. The van der Waals surface area contributed by atoms with E-state index < -0.39 is 0 Å². The maximum absolute atomic E-state index is 12.5. The van der Waals surface area contributed by atoms with Gasteiger partial charge in [-0.05, 0) is 25.5 Å². The van der Waals surface area contributed by atoms with E-state index in [9.17, 15) is 9.59 Å². The molecule has 0 aliphatic carbocycles. The van der Waals surface area contributed by atoms with Crippen LogP contribution in [0, 0.1) is 5.41 Å². The van der Waals surface area contributed by atoms with Crippen LogP contribution in [0.25, 0.3) is 0 Å². The number of pyridine rings is 1. The highest BCUT2D eigenvalue weighted by Crippen LogP contribution is 2.31. The van der Waals surface area contributed by atoms with Crippen molar-refractivity contribution in [1.29, 1.82) is 0 Å². The molecule has 1 aromatic rings. The normalized spacial score (nSPS) is 24.4. The molecule has 2 aliphatic heterocycles. The predicted octanol–water partition coefficient (Wildman–Crippen LogP) is 0.824. The summed E-state index contributed by atoms with van der Waals surface area (Å²) < 4.78 is 0. The van der Waals surface area contributed by atoms with Crippen molar-refractivity contribution in [3.63, 3.8) is 0 Å². The first-order valence-corrected chi connectivity index (χ1v) is 8.89. The molecule has 3 rings (SSSR count). The molecular formula is C18H27N5O2. The van der Waals surface area contributed by atoms with E-state index in [4.69, 9.17) is 0 Å². The number of urea groups is 1. The number of carbonyl (C=O) groups excluding carboxylic acids is 2. The van der Waals surface area contributed by atoms with Gasteiger partial charge in [-0.25, -0.2) is 4.79 Å². The molecule has 3 amide bonds. The summed E-state index contributed by atoms with van der Waals surface area (Å²) in [6, 6.07) is 4.05. The van der Waals surface area contributed by atoms with Crippen molar-refractivity contribution in [3.05, 3.63) is 30.1 Å². The van der Waals surface area contributed by atoms with E-state index >= 15 is 0 Å². The minimum absolute atomic E-state index is 0.0445. The molecule has 3 heterocycles. The Hall–Kier alpha value is -2.15. The van der Waals surface area contributed by atoms with Gasteiger partial charge in [-0.15, -0.1) is 0 Å². The molecule has 25 heavy (non-hydrogen) atoms. The Balaban J connectivity index is 1.75. The van der Waals surface area contributed by atoms with Gasteiger partial charge in [-0.2, -0.15) is 0 Å². The van der Waals surface area contributed by atoms with E-state index in [0.29, 0.717) is 26.1 Å². The second-order valence-electron chi connectivity index (χ2n) is 7.55. The minimum Gasteiger partial charge on any atom is -0.355 e. The van der Waals surface area contributed by atoms with E-state index in [1.54, 1.807) is 6.20 Å². The van der Waals surface area contributed by atoms with Crippen LogP contribution in [-0.4, -0.2) is 65.5 Å². The molecule has 7 heteroatoms. The van der Waals surface area contributed by atoms with Crippen LogP contribution in [0.3, 0.4) is 0 Å². The Labute approximate surface area is 148 Å². The quantitative estimate of drug-likeness (QED) is 0.850. The zero-order valence-electron chi connectivity index (χ0n) is 15.0. The van der Waals surface area contributed by atoms with Crippen LogP contribution in [0.15, 0.2) is 24.5 Å². The van der Waals surface area contributed by atoms with Gasteiger partial charge >= 0.3 is 6.03 Å². The standard InChI is InChI=1S/C18H27N5O2/c1-14(2)21-17(25)23-7-6-22(10-15-4-3-5-19-9-15)12-18(13-23)8-16(24)20-11-18/h3-5,9,14H,6-8,10-13H2,1-2H3,(H,20,24)(H,21,25)/t18-/m1/s1. The van der Waals surface area contributed by atoms with Crippen LogP contribution in [0.1, 0.15) is 25.8 Å². The van der Waals surface area contributed by atoms with Gasteiger partial charge in [0.1, 0.15) is 0 Å². The molecule has 2 saturated heterocycles. The Bertz CT molecular complexity index is 621. The predicted molar refractivity (Wildman–Crippen MR) is 94.8 cm³/mol. The van der Waals surface area contributed by atoms with Gasteiger partial charge in [0.05, 0.1) is 0 Å². The van der Waals surface area contributed by atoms with Crippen molar-refractivity contribution < 1.29 is 9.59 Å². The molecule has 136 valence electrons. The molecule has 0 bridgehead atoms. The highest BCUT2D eigenvalue weighted by molar-refractivity contribution is 5.80. The molecule has 0 saturated carbocycles. The third-order valence-corrected chi connectivity index (χ3v) is 4.80. The first-order valence-electron chi connectivity index (χ1n) is 8.89. The van der Waals surface area contributed by atoms with Gasteiger partial charge in [0.2, 0.25) is 5.91 Å². The lowest BCUT2D eigenvalue weighted by molar-refractivity contribution is -0.119. The SMILES string of the molecule is CC(C)NC(=O)N1CCN(Cc2cccnc2)C[C@@]2(CNC(=O)C2)C1. The fourth-order valence-corrected chi connectivity index (χ4v) is 3.72. The van der Waals surface area contributed by atoms with Crippen LogP contribution < -0.4 is 10.6 Å². The number of carbonyl (C=O) groups is 2. The maximum atomic E-state index is 12.5. The molecule has 1 aromatic heterocycles. The second-order valence-corrected chi connectivity index (χ2v) is 7.55.